The number of fused-ring (bicyclic) bond motifs is 1. The van der Waals surface area contributed by atoms with E-state index in [2.05, 4.69) is 15.4 Å². The Labute approximate surface area is 184 Å². The summed E-state index contributed by atoms with van der Waals surface area (Å²) in [5, 5.41) is 17.4. The molecule has 4 aromatic rings. The summed E-state index contributed by atoms with van der Waals surface area (Å²) in [5.74, 6) is -0.651. The number of amides is 1. The second kappa shape index (κ2) is 8.34. The lowest BCUT2D eigenvalue weighted by Gasteiger charge is -2.13. The van der Waals surface area contributed by atoms with E-state index in [1.54, 1.807) is 6.92 Å². The summed E-state index contributed by atoms with van der Waals surface area (Å²) in [6.45, 7) is 1.75. The third-order valence-corrected chi connectivity index (χ3v) is 4.97. The lowest BCUT2D eigenvalue weighted by Crippen LogP contribution is -2.27. The number of halogens is 3. The van der Waals surface area contributed by atoms with Gasteiger partial charge in [-0.25, -0.2) is 9.50 Å². The molecule has 4 rings (SSSR count). The summed E-state index contributed by atoms with van der Waals surface area (Å²) in [4.78, 5) is 27.1. The molecule has 0 aliphatic heterocycles. The van der Waals surface area contributed by atoms with Gasteiger partial charge in [0, 0.05) is 23.8 Å². The molecule has 33 heavy (non-hydrogen) atoms. The monoisotopic (exact) mass is 455 g/mol. The van der Waals surface area contributed by atoms with Crippen molar-refractivity contribution in [1.29, 1.82) is 0 Å². The molecule has 0 fully saturated rings. The first-order valence-electron chi connectivity index (χ1n) is 9.72. The maximum atomic E-state index is 13.7. The predicted molar refractivity (Wildman–Crippen MR) is 112 cm³/mol. The van der Waals surface area contributed by atoms with E-state index in [4.69, 9.17) is 0 Å². The highest BCUT2D eigenvalue weighted by Gasteiger charge is 2.35. The van der Waals surface area contributed by atoms with Gasteiger partial charge in [0.1, 0.15) is 0 Å². The Morgan fingerprint density at radius 2 is 1.76 bits per heavy atom. The minimum atomic E-state index is -4.78. The second-order valence-electron chi connectivity index (χ2n) is 7.23. The molecule has 0 spiro atoms. The van der Waals surface area contributed by atoms with Crippen LogP contribution in [0, 0.1) is 10.1 Å². The molecule has 0 saturated carbocycles. The maximum absolute atomic E-state index is 13.7. The van der Waals surface area contributed by atoms with Gasteiger partial charge in [-0.2, -0.15) is 18.3 Å². The van der Waals surface area contributed by atoms with E-state index < -0.39 is 28.7 Å². The molecule has 0 radical (unpaired) electrons. The van der Waals surface area contributed by atoms with E-state index in [0.29, 0.717) is 4.52 Å². The highest BCUT2D eigenvalue weighted by Crippen LogP contribution is 2.32. The zero-order chi connectivity index (χ0) is 23.8. The summed E-state index contributed by atoms with van der Waals surface area (Å²) in [5.41, 5.74) is -0.730. The van der Waals surface area contributed by atoms with Gasteiger partial charge in [-0.05, 0) is 30.7 Å². The highest BCUT2D eigenvalue weighted by molar-refractivity contribution is 5.93. The molecule has 2 aromatic carbocycles. The molecular weight excluding hydrogens is 439 g/mol. The van der Waals surface area contributed by atoms with Gasteiger partial charge in [0.05, 0.1) is 16.7 Å². The number of nitro groups is 1. The molecule has 0 saturated heterocycles. The van der Waals surface area contributed by atoms with E-state index in [1.165, 1.54) is 24.3 Å². The standard InChI is InChI=1S/C22H16F3N5O3/c1-13(14-5-3-2-4-6-14)26-21(31)18-12-20-27-17(11-19(22(23,24)25)29(20)28-18)15-7-9-16(10-8-15)30(32)33/h2-13H,1H3,(H,26,31). The zero-order valence-corrected chi connectivity index (χ0v) is 17.1. The lowest BCUT2D eigenvalue weighted by molar-refractivity contribution is -0.384. The fourth-order valence-electron chi connectivity index (χ4n) is 3.28. The van der Waals surface area contributed by atoms with Crippen LogP contribution in [0.4, 0.5) is 18.9 Å². The van der Waals surface area contributed by atoms with E-state index >= 15 is 0 Å². The van der Waals surface area contributed by atoms with Crippen molar-refractivity contribution in [2.45, 2.75) is 19.1 Å². The van der Waals surface area contributed by atoms with E-state index in [-0.39, 0.29) is 28.3 Å². The second-order valence-corrected chi connectivity index (χ2v) is 7.23. The average molecular weight is 455 g/mol. The topological polar surface area (TPSA) is 102 Å². The van der Waals surface area contributed by atoms with Crippen molar-refractivity contribution >= 4 is 17.2 Å². The number of aromatic nitrogens is 3. The van der Waals surface area contributed by atoms with Gasteiger partial charge < -0.3 is 5.32 Å². The van der Waals surface area contributed by atoms with E-state index in [1.807, 2.05) is 30.3 Å². The van der Waals surface area contributed by atoms with Gasteiger partial charge in [-0.15, -0.1) is 0 Å². The zero-order valence-electron chi connectivity index (χ0n) is 17.1. The van der Waals surface area contributed by atoms with Gasteiger partial charge in [0.2, 0.25) is 0 Å². The average Bonchev–Trinajstić information content (AvgIpc) is 3.22. The van der Waals surface area contributed by atoms with Crippen molar-refractivity contribution in [2.75, 3.05) is 0 Å². The van der Waals surface area contributed by atoms with Crippen LogP contribution < -0.4 is 5.32 Å². The van der Waals surface area contributed by atoms with E-state index in [0.717, 1.165) is 17.7 Å². The number of alkyl halides is 3. The van der Waals surface area contributed by atoms with Gasteiger partial charge in [0.25, 0.3) is 11.6 Å². The number of carbonyl (C=O) groups excluding carboxylic acids is 1. The van der Waals surface area contributed by atoms with Crippen molar-refractivity contribution in [1.82, 2.24) is 19.9 Å². The van der Waals surface area contributed by atoms with Crippen LogP contribution in [-0.4, -0.2) is 25.4 Å². The summed E-state index contributed by atoms with van der Waals surface area (Å²) >= 11 is 0. The Morgan fingerprint density at radius 3 is 2.36 bits per heavy atom. The molecule has 2 aromatic heterocycles. The van der Waals surface area contributed by atoms with Gasteiger partial charge in [-0.3, -0.25) is 14.9 Å². The van der Waals surface area contributed by atoms with Crippen molar-refractivity contribution in [2.24, 2.45) is 0 Å². The molecule has 0 bridgehead atoms. The molecule has 2 heterocycles. The number of rotatable bonds is 5. The summed E-state index contributed by atoms with van der Waals surface area (Å²) in [6, 6.07) is 15.6. The third-order valence-electron chi connectivity index (χ3n) is 4.97. The summed E-state index contributed by atoms with van der Waals surface area (Å²) < 4.78 is 41.8. The van der Waals surface area contributed by atoms with Crippen molar-refractivity contribution in [3.8, 4) is 11.3 Å². The third kappa shape index (κ3) is 4.52. The maximum Gasteiger partial charge on any atom is 0.433 e. The summed E-state index contributed by atoms with van der Waals surface area (Å²) in [6.07, 6.45) is -4.78. The van der Waals surface area contributed by atoms with E-state index in [9.17, 15) is 28.1 Å². The van der Waals surface area contributed by atoms with Crippen LogP contribution in [0.2, 0.25) is 0 Å². The largest absolute Gasteiger partial charge is 0.433 e. The Hall–Kier alpha value is -4.28. The number of carbonyl (C=O) groups is 1. The highest BCUT2D eigenvalue weighted by atomic mass is 19.4. The SMILES string of the molecule is CC(NC(=O)c1cc2nc(-c3ccc([N+](=O)[O-])cc3)cc(C(F)(F)F)n2n1)c1ccccc1. The van der Waals surface area contributed by atoms with Crippen LogP contribution in [0.5, 0.6) is 0 Å². The first-order chi connectivity index (χ1) is 15.6. The summed E-state index contributed by atoms with van der Waals surface area (Å²) in [7, 11) is 0. The number of nitro benzene ring substituents is 1. The fourth-order valence-corrected chi connectivity index (χ4v) is 3.28. The smallest absolute Gasteiger partial charge is 0.344 e. The molecule has 1 unspecified atom stereocenters. The van der Waals surface area contributed by atoms with Crippen LogP contribution in [0.3, 0.4) is 0 Å². The number of non-ortho nitro benzene ring substituents is 1. The number of nitrogens with zero attached hydrogens (tertiary/aromatic N) is 4. The van der Waals surface area contributed by atoms with Gasteiger partial charge in [-0.1, -0.05) is 30.3 Å². The fraction of sp³-hybridized carbons (Fsp3) is 0.136. The number of nitrogens with one attached hydrogen (secondary N) is 1. The lowest BCUT2D eigenvalue weighted by atomic mass is 10.1. The molecule has 8 nitrogen and oxygen atoms in total. The first-order valence-corrected chi connectivity index (χ1v) is 9.72. The van der Waals surface area contributed by atoms with Crippen LogP contribution >= 0.6 is 0 Å². The first kappa shape index (κ1) is 21.9. The molecule has 0 aliphatic carbocycles. The molecule has 1 amide bonds. The minimum Gasteiger partial charge on any atom is -0.344 e. The molecule has 168 valence electrons. The number of hydrogen-bond donors (Lipinski definition) is 1. The molecule has 0 aliphatic rings. The van der Waals surface area contributed by atoms with Gasteiger partial charge >= 0.3 is 6.18 Å². The van der Waals surface area contributed by atoms with Crippen molar-refractivity contribution < 1.29 is 22.9 Å². The Bertz CT molecular complexity index is 1340. The molecule has 11 heteroatoms. The van der Waals surface area contributed by atoms with Gasteiger partial charge in [0.15, 0.2) is 17.0 Å². The minimum absolute atomic E-state index is 0.0609. The molecular formula is C22H16F3N5O3. The number of benzene rings is 2. The normalized spacial score (nSPS) is 12.5. The molecule has 1 N–H and O–H groups in total. The van der Waals surface area contributed by atoms with Crippen LogP contribution in [-0.2, 0) is 6.18 Å². The van der Waals surface area contributed by atoms with Crippen molar-refractivity contribution in [3.63, 3.8) is 0 Å². The van der Waals surface area contributed by atoms with Crippen LogP contribution in [0.15, 0.2) is 66.7 Å². The van der Waals surface area contributed by atoms with Crippen LogP contribution in [0.25, 0.3) is 16.9 Å². The van der Waals surface area contributed by atoms with Crippen LogP contribution in [0.1, 0.15) is 34.7 Å². The quantitative estimate of drug-likeness (QED) is 0.344. The Kier molecular flexibility index (Phi) is 5.54. The Morgan fingerprint density at radius 1 is 1.09 bits per heavy atom. The number of hydrogen-bond acceptors (Lipinski definition) is 5. The predicted octanol–water partition coefficient (Wildman–Crippen LogP) is 4.81. The Balaban J connectivity index is 1.72. The molecule has 1 atom stereocenters. The van der Waals surface area contributed by atoms with Crippen molar-refractivity contribution in [3.05, 3.63) is 93.8 Å².